The number of carbonyl (C=O) groups excluding carboxylic acids is 2. The second-order valence-electron chi connectivity index (χ2n) is 7.20. The Kier molecular flexibility index (Phi) is 6.50. The highest BCUT2D eigenvalue weighted by Gasteiger charge is 2.42. The summed E-state index contributed by atoms with van der Waals surface area (Å²) in [6, 6.07) is 0.0526. The van der Waals surface area contributed by atoms with Crippen LogP contribution >= 0.6 is 0 Å². The number of alkyl carbamates (subject to hydrolysis) is 2. The summed E-state index contributed by atoms with van der Waals surface area (Å²) in [4.78, 5) is 23.2. The summed E-state index contributed by atoms with van der Waals surface area (Å²) in [5, 5.41) is 5.76. The minimum Gasteiger partial charge on any atom is -0.450 e. The average Bonchev–Trinajstić information content (AvgIpc) is 2.34. The summed E-state index contributed by atoms with van der Waals surface area (Å²) in [6.45, 7) is 11.4. The molecule has 0 saturated heterocycles. The van der Waals surface area contributed by atoms with Crippen LogP contribution in [0.1, 0.15) is 53.9 Å². The molecule has 128 valence electrons. The third-order valence-electron chi connectivity index (χ3n) is 3.98. The van der Waals surface area contributed by atoms with Crippen LogP contribution < -0.4 is 10.6 Å². The molecule has 1 saturated carbocycles. The molecule has 0 aliphatic heterocycles. The van der Waals surface area contributed by atoms with Crippen molar-refractivity contribution in [3.8, 4) is 0 Å². The van der Waals surface area contributed by atoms with Gasteiger partial charge in [0.2, 0.25) is 0 Å². The van der Waals surface area contributed by atoms with Crippen molar-refractivity contribution in [3.05, 3.63) is 0 Å². The minimum atomic E-state index is -0.387. The van der Waals surface area contributed by atoms with Gasteiger partial charge in [-0.05, 0) is 43.9 Å². The predicted molar refractivity (Wildman–Crippen MR) is 84.7 cm³/mol. The minimum absolute atomic E-state index is 0.0526. The fraction of sp³-hybridized carbons (Fsp3) is 0.875. The first-order chi connectivity index (χ1) is 10.2. The van der Waals surface area contributed by atoms with Crippen molar-refractivity contribution >= 4 is 12.2 Å². The molecule has 0 heterocycles. The van der Waals surface area contributed by atoms with E-state index >= 15 is 0 Å². The molecule has 1 fully saturated rings. The molecule has 0 bridgehead atoms. The highest BCUT2D eigenvalue weighted by Crippen LogP contribution is 2.45. The standard InChI is InChI=1S/C16H30N2O4/c1-6-21-13(19)17-11-16(5)9-12(8-15(3,4)10-16)18-14(20)22-7-2/h12H,6-11H2,1-5H3,(H,17,19)(H,18,20)/t12-,16+/m0/s1. The normalized spacial score (nSPS) is 26.9. The van der Waals surface area contributed by atoms with Crippen molar-refractivity contribution < 1.29 is 19.1 Å². The predicted octanol–water partition coefficient (Wildman–Crippen LogP) is 3.06. The molecule has 0 aromatic rings. The highest BCUT2D eigenvalue weighted by molar-refractivity contribution is 5.68. The van der Waals surface area contributed by atoms with Crippen LogP contribution in [0, 0.1) is 10.8 Å². The number of nitrogens with one attached hydrogen (secondary N) is 2. The molecule has 0 radical (unpaired) electrons. The summed E-state index contributed by atoms with van der Waals surface area (Å²) in [5.41, 5.74) is 0.00613. The number of amides is 2. The molecule has 1 rings (SSSR count). The zero-order chi connectivity index (χ0) is 16.8. The van der Waals surface area contributed by atoms with Gasteiger partial charge in [0.15, 0.2) is 0 Å². The Bertz CT molecular complexity index is 398. The molecule has 2 amide bonds. The fourth-order valence-corrected chi connectivity index (χ4v) is 3.68. The van der Waals surface area contributed by atoms with E-state index in [0.29, 0.717) is 19.8 Å². The highest BCUT2D eigenvalue weighted by atomic mass is 16.6. The summed E-state index contributed by atoms with van der Waals surface area (Å²) >= 11 is 0. The lowest BCUT2D eigenvalue weighted by atomic mass is 9.62. The van der Waals surface area contributed by atoms with Crippen molar-refractivity contribution in [2.45, 2.75) is 59.9 Å². The van der Waals surface area contributed by atoms with E-state index in [2.05, 4.69) is 31.4 Å². The van der Waals surface area contributed by atoms with E-state index in [0.717, 1.165) is 19.3 Å². The van der Waals surface area contributed by atoms with E-state index < -0.39 is 0 Å². The lowest BCUT2D eigenvalue weighted by Gasteiger charge is -2.46. The van der Waals surface area contributed by atoms with Crippen molar-refractivity contribution in [2.24, 2.45) is 10.8 Å². The van der Waals surface area contributed by atoms with Crippen LogP contribution in [0.2, 0.25) is 0 Å². The monoisotopic (exact) mass is 314 g/mol. The van der Waals surface area contributed by atoms with Crippen LogP contribution in [0.4, 0.5) is 9.59 Å². The second kappa shape index (κ2) is 7.70. The molecule has 22 heavy (non-hydrogen) atoms. The molecule has 6 heteroatoms. The number of hydrogen-bond donors (Lipinski definition) is 2. The van der Waals surface area contributed by atoms with Crippen molar-refractivity contribution in [1.29, 1.82) is 0 Å². The van der Waals surface area contributed by atoms with Gasteiger partial charge >= 0.3 is 12.2 Å². The van der Waals surface area contributed by atoms with Crippen LogP contribution in [0.15, 0.2) is 0 Å². The van der Waals surface area contributed by atoms with Gasteiger partial charge in [0.1, 0.15) is 0 Å². The maximum absolute atomic E-state index is 11.7. The number of hydrogen-bond acceptors (Lipinski definition) is 4. The van der Waals surface area contributed by atoms with Gasteiger partial charge in [0, 0.05) is 12.6 Å². The summed E-state index contributed by atoms with van der Waals surface area (Å²) in [5.74, 6) is 0. The number of rotatable bonds is 5. The molecular formula is C16H30N2O4. The molecule has 0 unspecified atom stereocenters. The Morgan fingerprint density at radius 2 is 1.64 bits per heavy atom. The van der Waals surface area contributed by atoms with Gasteiger partial charge < -0.3 is 20.1 Å². The van der Waals surface area contributed by atoms with E-state index in [9.17, 15) is 9.59 Å². The summed E-state index contributed by atoms with van der Waals surface area (Å²) in [6.07, 6.45) is 1.93. The van der Waals surface area contributed by atoms with E-state index in [1.807, 2.05) is 0 Å². The zero-order valence-corrected chi connectivity index (χ0v) is 14.5. The number of carbonyl (C=O) groups is 2. The largest absolute Gasteiger partial charge is 0.450 e. The van der Waals surface area contributed by atoms with Gasteiger partial charge in [-0.2, -0.15) is 0 Å². The molecule has 6 nitrogen and oxygen atoms in total. The number of ether oxygens (including phenoxy) is 2. The van der Waals surface area contributed by atoms with Crippen LogP contribution in [0.5, 0.6) is 0 Å². The summed E-state index contributed by atoms with van der Waals surface area (Å²) < 4.78 is 9.88. The molecule has 2 N–H and O–H groups in total. The molecule has 1 aliphatic rings. The van der Waals surface area contributed by atoms with Crippen LogP contribution in [0.25, 0.3) is 0 Å². The molecule has 0 aromatic carbocycles. The van der Waals surface area contributed by atoms with Crippen molar-refractivity contribution in [1.82, 2.24) is 10.6 Å². The Balaban J connectivity index is 2.65. The first-order valence-electron chi connectivity index (χ1n) is 8.03. The Labute approximate surface area is 133 Å². The van der Waals surface area contributed by atoms with Gasteiger partial charge in [0.25, 0.3) is 0 Å². The first-order valence-corrected chi connectivity index (χ1v) is 8.03. The quantitative estimate of drug-likeness (QED) is 0.817. The van der Waals surface area contributed by atoms with E-state index in [1.165, 1.54) is 0 Å². The maximum Gasteiger partial charge on any atom is 0.407 e. The van der Waals surface area contributed by atoms with E-state index in [1.54, 1.807) is 13.8 Å². The van der Waals surface area contributed by atoms with E-state index in [-0.39, 0.29) is 29.1 Å². The Morgan fingerprint density at radius 1 is 1.05 bits per heavy atom. The fourth-order valence-electron chi connectivity index (χ4n) is 3.68. The summed E-state index contributed by atoms with van der Waals surface area (Å²) in [7, 11) is 0. The molecular weight excluding hydrogens is 284 g/mol. The zero-order valence-electron chi connectivity index (χ0n) is 14.5. The van der Waals surface area contributed by atoms with Crippen molar-refractivity contribution in [3.63, 3.8) is 0 Å². The molecule has 1 aliphatic carbocycles. The lowest BCUT2D eigenvalue weighted by Crippen LogP contribution is -2.50. The van der Waals surface area contributed by atoms with Crippen molar-refractivity contribution in [2.75, 3.05) is 19.8 Å². The smallest absolute Gasteiger partial charge is 0.407 e. The average molecular weight is 314 g/mol. The van der Waals surface area contributed by atoms with Crippen LogP contribution in [-0.4, -0.2) is 38.0 Å². The Morgan fingerprint density at radius 3 is 2.23 bits per heavy atom. The third kappa shape index (κ3) is 6.12. The van der Waals surface area contributed by atoms with E-state index in [4.69, 9.17) is 9.47 Å². The van der Waals surface area contributed by atoms with Gasteiger partial charge in [0.05, 0.1) is 13.2 Å². The molecule has 0 aromatic heterocycles. The lowest BCUT2D eigenvalue weighted by molar-refractivity contribution is 0.0633. The SMILES string of the molecule is CCOC(=O)NC[C@]1(C)C[C@@H](NC(=O)OCC)CC(C)(C)C1. The molecule has 2 atom stereocenters. The van der Waals surface area contributed by atoms with Gasteiger partial charge in [-0.3, -0.25) is 0 Å². The maximum atomic E-state index is 11.7. The first kappa shape index (κ1) is 18.6. The van der Waals surface area contributed by atoms with Crippen LogP contribution in [0.3, 0.4) is 0 Å². The van der Waals surface area contributed by atoms with Gasteiger partial charge in [-0.15, -0.1) is 0 Å². The third-order valence-corrected chi connectivity index (χ3v) is 3.98. The Hall–Kier alpha value is -1.46. The molecule has 0 spiro atoms. The van der Waals surface area contributed by atoms with Gasteiger partial charge in [-0.1, -0.05) is 20.8 Å². The second-order valence-corrected chi connectivity index (χ2v) is 7.20. The topological polar surface area (TPSA) is 76.7 Å². The van der Waals surface area contributed by atoms with Crippen LogP contribution in [-0.2, 0) is 9.47 Å². The van der Waals surface area contributed by atoms with Gasteiger partial charge in [-0.25, -0.2) is 9.59 Å².